The van der Waals surface area contributed by atoms with Crippen molar-refractivity contribution in [3.63, 3.8) is 0 Å². The Kier molecular flexibility index (Phi) is 6.50. The molecule has 3 heterocycles. The SMILES string of the molecule is Nc1nc2c(ncn2[C@@H]2O[C@H](C[SH]=P(O)(O)O)[C@@H](O)[C@H]2O)c(=O)[nH]1.[NaH]. The molecule has 25 heavy (non-hydrogen) atoms. The van der Waals surface area contributed by atoms with Gasteiger partial charge in [0.1, 0.15) is 12.2 Å². The number of aliphatic hydroxyl groups excluding tert-OH is 2. The Hall–Kier alpha value is -0.310. The summed E-state index contributed by atoms with van der Waals surface area (Å²) in [5, 5.41) is 20.2. The third kappa shape index (κ3) is 4.34. The summed E-state index contributed by atoms with van der Waals surface area (Å²) in [6, 6.07) is 0. The molecule has 0 unspecified atom stereocenters. The minimum absolute atomic E-state index is 0. The third-order valence-electron chi connectivity index (χ3n) is 3.51. The number of nitrogen functional groups attached to an aromatic ring is 1. The van der Waals surface area contributed by atoms with Crippen molar-refractivity contribution in [3.8, 4) is 0 Å². The van der Waals surface area contributed by atoms with Crippen molar-refractivity contribution in [2.75, 3.05) is 11.5 Å². The Morgan fingerprint density at radius 2 is 2.04 bits per heavy atom. The van der Waals surface area contributed by atoms with E-state index >= 15 is 0 Å². The van der Waals surface area contributed by atoms with Gasteiger partial charge in [0.25, 0.3) is 12.3 Å². The molecule has 1 saturated heterocycles. The van der Waals surface area contributed by atoms with Gasteiger partial charge in [-0.3, -0.25) is 14.3 Å². The molecule has 3 rings (SSSR count). The Morgan fingerprint density at radius 1 is 1.36 bits per heavy atom. The first-order chi connectivity index (χ1) is 11.2. The van der Waals surface area contributed by atoms with Crippen molar-refractivity contribution >= 4 is 64.3 Å². The van der Waals surface area contributed by atoms with Crippen LogP contribution < -0.4 is 11.3 Å². The number of aliphatic hydroxyl groups is 2. The van der Waals surface area contributed by atoms with Gasteiger partial charge < -0.3 is 35.4 Å². The fourth-order valence-electron chi connectivity index (χ4n) is 2.43. The Balaban J connectivity index is 0.00000225. The summed E-state index contributed by atoms with van der Waals surface area (Å²) in [5.74, 6) is -0.262. The van der Waals surface area contributed by atoms with Crippen LogP contribution >= 0.6 is 6.72 Å². The standard InChI is InChI=1S/C10H16N5O7PS.Na.H/c11-10-13-7-4(8(18)14-10)12-2-15(7)9-6(17)5(16)3(22-9)1-24-23(19,20)21;;/h2-3,5-6,9,16-17,19-21,24H,1H2,(H3,11,13,14,18);;/t3-,5-,6-,9-;;/m1../s1. The Labute approximate surface area is 165 Å². The quantitative estimate of drug-likeness (QED) is 0.142. The molecule has 15 heteroatoms. The summed E-state index contributed by atoms with van der Waals surface area (Å²) in [6.07, 6.45) is -3.58. The van der Waals surface area contributed by atoms with E-state index < -0.39 is 36.8 Å². The molecular formula is C10H17N5NaO7PS. The van der Waals surface area contributed by atoms with Crippen molar-refractivity contribution in [3.05, 3.63) is 16.7 Å². The average molecular weight is 405 g/mol. The summed E-state index contributed by atoms with van der Waals surface area (Å²) in [5.41, 5.74) is 4.99. The zero-order valence-corrected chi connectivity index (χ0v) is 13.7. The van der Waals surface area contributed by atoms with Crippen LogP contribution in [0, 0.1) is 0 Å². The van der Waals surface area contributed by atoms with E-state index in [0.29, 0.717) is 0 Å². The van der Waals surface area contributed by atoms with Gasteiger partial charge in [0, 0.05) is 5.75 Å². The fraction of sp³-hybridized carbons (Fsp3) is 0.500. The zero-order valence-electron chi connectivity index (χ0n) is 12.0. The van der Waals surface area contributed by atoms with Crippen LogP contribution in [0.15, 0.2) is 11.1 Å². The van der Waals surface area contributed by atoms with Gasteiger partial charge in [-0.25, -0.2) is 4.98 Å². The second-order valence-corrected chi connectivity index (χ2v) is 9.36. The van der Waals surface area contributed by atoms with E-state index in [2.05, 4.69) is 15.0 Å². The van der Waals surface area contributed by atoms with Gasteiger partial charge in [-0.1, -0.05) is 0 Å². The van der Waals surface area contributed by atoms with Crippen molar-refractivity contribution in [1.29, 1.82) is 0 Å². The van der Waals surface area contributed by atoms with Crippen LogP contribution in [0.4, 0.5) is 5.95 Å². The van der Waals surface area contributed by atoms with E-state index in [1.807, 2.05) is 0 Å². The van der Waals surface area contributed by atoms with E-state index in [-0.39, 0.29) is 63.4 Å². The number of aromatic nitrogens is 4. The third-order valence-corrected chi connectivity index (χ3v) is 6.04. The first-order valence-corrected chi connectivity index (χ1v) is 10.1. The molecule has 4 atom stereocenters. The van der Waals surface area contributed by atoms with Crippen LogP contribution in [0.5, 0.6) is 0 Å². The minimum atomic E-state index is -4.04. The molecule has 0 bridgehead atoms. The maximum atomic E-state index is 11.8. The molecule has 2 aromatic heterocycles. The molecule has 0 radical (unpaired) electrons. The van der Waals surface area contributed by atoms with Crippen LogP contribution in [0.25, 0.3) is 11.2 Å². The number of nitrogens with zero attached hydrogens (tertiary/aromatic N) is 3. The van der Waals surface area contributed by atoms with E-state index in [1.54, 1.807) is 0 Å². The number of thiol groups is 1. The van der Waals surface area contributed by atoms with Crippen molar-refractivity contribution in [2.45, 2.75) is 24.5 Å². The number of aromatic amines is 1. The van der Waals surface area contributed by atoms with Crippen LogP contribution in [0.2, 0.25) is 0 Å². The normalized spacial score (nSPS) is 26.8. The average Bonchev–Trinajstić information content (AvgIpc) is 3.00. The Morgan fingerprint density at radius 3 is 2.68 bits per heavy atom. The predicted molar refractivity (Wildman–Crippen MR) is 92.8 cm³/mol. The summed E-state index contributed by atoms with van der Waals surface area (Å²) >= 11 is 0. The molecular weight excluding hydrogens is 388 g/mol. The monoisotopic (exact) mass is 405 g/mol. The van der Waals surface area contributed by atoms with Gasteiger partial charge in [-0.2, -0.15) is 4.98 Å². The number of ether oxygens (including phenoxy) is 1. The van der Waals surface area contributed by atoms with E-state index in [9.17, 15) is 15.0 Å². The van der Waals surface area contributed by atoms with Crippen LogP contribution in [-0.4, -0.2) is 98.0 Å². The molecule has 0 aliphatic carbocycles. The molecule has 136 valence electrons. The maximum absolute atomic E-state index is 11.8. The molecule has 1 aliphatic rings. The number of hydrogen-bond acceptors (Lipinski definition) is 7. The van der Waals surface area contributed by atoms with Gasteiger partial charge >= 0.3 is 29.6 Å². The number of nitrogens with two attached hydrogens (primary N) is 1. The second-order valence-electron chi connectivity index (χ2n) is 5.18. The summed E-state index contributed by atoms with van der Waals surface area (Å²) < 4.78 is 6.78. The summed E-state index contributed by atoms with van der Waals surface area (Å²) in [4.78, 5) is 48.9. The molecule has 0 saturated carbocycles. The molecule has 0 aromatic carbocycles. The summed E-state index contributed by atoms with van der Waals surface area (Å²) in [7, 11) is -0.120. The predicted octanol–water partition coefficient (Wildman–Crippen LogP) is -3.86. The molecule has 0 spiro atoms. The van der Waals surface area contributed by atoms with Gasteiger partial charge in [0.2, 0.25) is 5.95 Å². The molecule has 2 aromatic rings. The van der Waals surface area contributed by atoms with Crippen molar-refractivity contribution in [1.82, 2.24) is 19.5 Å². The van der Waals surface area contributed by atoms with E-state index in [4.69, 9.17) is 25.2 Å². The van der Waals surface area contributed by atoms with E-state index in [1.165, 1.54) is 10.9 Å². The zero-order chi connectivity index (χ0) is 17.6. The number of H-pyrrole nitrogens is 1. The summed E-state index contributed by atoms with van der Waals surface area (Å²) in [6.45, 7) is -4.04. The number of fused-ring (bicyclic) bond motifs is 1. The van der Waals surface area contributed by atoms with Gasteiger partial charge in [-0.15, -0.1) is 10.9 Å². The number of hydrogen-bond donors (Lipinski definition) is 8. The molecule has 12 nitrogen and oxygen atoms in total. The molecule has 1 fully saturated rings. The topological polar surface area (TPSA) is 200 Å². The number of rotatable bonds is 3. The number of anilines is 1. The van der Waals surface area contributed by atoms with Gasteiger partial charge in [0.15, 0.2) is 17.4 Å². The van der Waals surface area contributed by atoms with Crippen LogP contribution in [0.3, 0.4) is 0 Å². The fourth-order valence-corrected chi connectivity index (χ4v) is 4.25. The first-order valence-electron chi connectivity index (χ1n) is 6.67. The number of nitrogens with one attached hydrogen (secondary N) is 1. The van der Waals surface area contributed by atoms with Crippen molar-refractivity contribution in [2.24, 2.45) is 0 Å². The van der Waals surface area contributed by atoms with E-state index in [0.717, 1.165) is 0 Å². The Bertz CT molecular complexity index is 876. The molecule has 8 N–H and O–H groups in total. The van der Waals surface area contributed by atoms with Gasteiger partial charge in [-0.05, 0) is 0 Å². The first kappa shape index (κ1) is 21.0. The molecule has 0 amide bonds. The van der Waals surface area contributed by atoms with Crippen LogP contribution in [0.1, 0.15) is 6.23 Å². The number of imidazole rings is 1. The second kappa shape index (κ2) is 7.74. The molecule has 1 aliphatic heterocycles. The van der Waals surface area contributed by atoms with Gasteiger partial charge in [0.05, 0.1) is 12.4 Å². The van der Waals surface area contributed by atoms with Crippen molar-refractivity contribution < 1.29 is 29.6 Å². The van der Waals surface area contributed by atoms with Crippen LogP contribution in [-0.2, 0) is 15.7 Å².